The zero-order valence-electron chi connectivity index (χ0n) is 12.1. The number of carbonyl (C=O) groups is 2. The van der Waals surface area contributed by atoms with E-state index >= 15 is 0 Å². The van der Waals surface area contributed by atoms with Gasteiger partial charge in [0.05, 0.1) is 6.42 Å². The van der Waals surface area contributed by atoms with Crippen molar-refractivity contribution >= 4 is 11.9 Å². The van der Waals surface area contributed by atoms with Crippen LogP contribution in [0.2, 0.25) is 0 Å². The summed E-state index contributed by atoms with van der Waals surface area (Å²) in [5, 5.41) is 8.70. The minimum atomic E-state index is -0.755. The Bertz CT molecular complexity index is 303. The molecule has 1 heterocycles. The Morgan fingerprint density at radius 3 is 2.37 bits per heavy atom. The third kappa shape index (κ3) is 5.19. The average Bonchev–Trinajstić information content (AvgIpc) is 2.63. The first-order valence-corrected chi connectivity index (χ1v) is 7.31. The fourth-order valence-corrected chi connectivity index (χ4v) is 2.56. The van der Waals surface area contributed by atoms with E-state index in [1.807, 2.05) is 4.90 Å². The fourth-order valence-electron chi connectivity index (χ4n) is 2.56. The van der Waals surface area contributed by atoms with Crippen molar-refractivity contribution in [3.05, 3.63) is 0 Å². The van der Waals surface area contributed by atoms with Gasteiger partial charge in [0.15, 0.2) is 0 Å². The van der Waals surface area contributed by atoms with Gasteiger partial charge in [0, 0.05) is 32.1 Å². The molecular formula is C14H26N2O3. The summed E-state index contributed by atoms with van der Waals surface area (Å²) in [6, 6.07) is 0. The molecule has 0 aromatic rings. The summed E-state index contributed by atoms with van der Waals surface area (Å²) >= 11 is 0. The smallest absolute Gasteiger partial charge is 0.304 e. The largest absolute Gasteiger partial charge is 0.481 e. The monoisotopic (exact) mass is 270 g/mol. The van der Waals surface area contributed by atoms with E-state index in [0.29, 0.717) is 6.54 Å². The highest BCUT2D eigenvalue weighted by Crippen LogP contribution is 2.14. The number of amides is 1. The van der Waals surface area contributed by atoms with Gasteiger partial charge in [-0.15, -0.1) is 0 Å². The molecule has 1 rings (SSSR count). The highest BCUT2D eigenvalue weighted by molar-refractivity contribution is 5.78. The molecule has 0 atom stereocenters. The van der Waals surface area contributed by atoms with Crippen molar-refractivity contribution in [1.29, 1.82) is 0 Å². The molecule has 110 valence electrons. The van der Waals surface area contributed by atoms with Crippen molar-refractivity contribution in [2.75, 3.05) is 32.7 Å². The number of aliphatic carboxylic acids is 1. The van der Waals surface area contributed by atoms with Crippen LogP contribution in [0.5, 0.6) is 0 Å². The van der Waals surface area contributed by atoms with Crippen LogP contribution in [0.15, 0.2) is 0 Å². The topological polar surface area (TPSA) is 60.9 Å². The Balaban J connectivity index is 2.44. The summed E-state index contributed by atoms with van der Waals surface area (Å²) in [5.41, 5.74) is 0. The molecule has 0 radical (unpaired) electrons. The molecule has 19 heavy (non-hydrogen) atoms. The molecule has 0 aliphatic carbocycles. The molecule has 0 bridgehead atoms. The predicted octanol–water partition coefficient (Wildman–Crippen LogP) is 1.43. The van der Waals surface area contributed by atoms with E-state index in [0.717, 1.165) is 45.4 Å². The van der Waals surface area contributed by atoms with E-state index in [9.17, 15) is 9.59 Å². The van der Waals surface area contributed by atoms with Crippen LogP contribution in [0.3, 0.4) is 0 Å². The van der Waals surface area contributed by atoms with E-state index < -0.39 is 5.97 Å². The van der Waals surface area contributed by atoms with E-state index in [1.54, 1.807) is 0 Å². The molecular weight excluding hydrogens is 244 g/mol. The molecule has 1 fully saturated rings. The highest BCUT2D eigenvalue weighted by Gasteiger charge is 2.23. The molecule has 0 aromatic carbocycles. The van der Waals surface area contributed by atoms with E-state index in [2.05, 4.69) is 18.7 Å². The van der Waals surface area contributed by atoms with Gasteiger partial charge in [0.1, 0.15) is 0 Å². The second-order valence-electron chi connectivity index (χ2n) is 5.18. The maximum atomic E-state index is 12.3. The lowest BCUT2D eigenvalue weighted by atomic mass is 10.0. The molecule has 0 aromatic heterocycles. The van der Waals surface area contributed by atoms with Crippen LogP contribution in [0.25, 0.3) is 0 Å². The van der Waals surface area contributed by atoms with Crippen molar-refractivity contribution in [3.8, 4) is 0 Å². The maximum Gasteiger partial charge on any atom is 0.304 e. The minimum Gasteiger partial charge on any atom is -0.481 e. The second-order valence-corrected chi connectivity index (χ2v) is 5.18. The first-order chi connectivity index (χ1) is 9.08. The van der Waals surface area contributed by atoms with E-state index in [4.69, 9.17) is 5.11 Å². The molecule has 1 aliphatic heterocycles. The number of carboxylic acids is 1. The van der Waals surface area contributed by atoms with Crippen molar-refractivity contribution in [3.63, 3.8) is 0 Å². The van der Waals surface area contributed by atoms with Gasteiger partial charge in [-0.1, -0.05) is 13.8 Å². The van der Waals surface area contributed by atoms with Crippen molar-refractivity contribution < 1.29 is 14.7 Å². The Morgan fingerprint density at radius 2 is 1.79 bits per heavy atom. The van der Waals surface area contributed by atoms with Crippen LogP contribution >= 0.6 is 0 Å². The first kappa shape index (κ1) is 16.0. The molecule has 5 nitrogen and oxygen atoms in total. The van der Waals surface area contributed by atoms with E-state index in [1.165, 1.54) is 0 Å². The van der Waals surface area contributed by atoms with Gasteiger partial charge < -0.3 is 14.9 Å². The zero-order chi connectivity index (χ0) is 14.3. The van der Waals surface area contributed by atoms with Gasteiger partial charge in [-0.25, -0.2) is 0 Å². The summed E-state index contributed by atoms with van der Waals surface area (Å²) in [6.07, 6.45) is 2.91. The third-order valence-corrected chi connectivity index (χ3v) is 3.88. The number of rotatable bonds is 6. The molecule has 1 amide bonds. The van der Waals surface area contributed by atoms with Crippen LogP contribution in [0, 0.1) is 5.92 Å². The van der Waals surface area contributed by atoms with Crippen LogP contribution in [-0.4, -0.2) is 59.5 Å². The van der Waals surface area contributed by atoms with Gasteiger partial charge in [-0.05, 0) is 25.8 Å². The Morgan fingerprint density at radius 1 is 1.11 bits per heavy atom. The van der Waals surface area contributed by atoms with Gasteiger partial charge in [-0.3, -0.25) is 9.59 Å². The van der Waals surface area contributed by atoms with Crippen LogP contribution in [0.1, 0.15) is 39.5 Å². The molecule has 0 saturated carbocycles. The van der Waals surface area contributed by atoms with Crippen molar-refractivity contribution in [1.82, 2.24) is 9.80 Å². The number of hydrogen-bond acceptors (Lipinski definition) is 3. The molecule has 5 heteroatoms. The van der Waals surface area contributed by atoms with Crippen LogP contribution < -0.4 is 0 Å². The molecule has 0 spiro atoms. The summed E-state index contributed by atoms with van der Waals surface area (Å²) in [7, 11) is 0. The lowest BCUT2D eigenvalue weighted by molar-refractivity contribution is -0.138. The standard InChI is InChI=1S/C14H26N2O3/c1-3-12(4-2)14(19)16-8-5-7-15(10-11-16)9-6-13(17)18/h12H,3-11H2,1-2H3,(H,17,18). The number of nitrogens with zero attached hydrogens (tertiary/aromatic N) is 2. The predicted molar refractivity (Wildman–Crippen MR) is 74.0 cm³/mol. The van der Waals surface area contributed by atoms with Crippen molar-refractivity contribution in [2.24, 2.45) is 5.92 Å². The summed E-state index contributed by atoms with van der Waals surface area (Å²) in [5.74, 6) is -0.343. The van der Waals surface area contributed by atoms with Gasteiger partial charge in [0.2, 0.25) is 5.91 Å². The van der Waals surface area contributed by atoms with Crippen LogP contribution in [0.4, 0.5) is 0 Å². The molecule has 1 aliphatic rings. The summed E-state index contributed by atoms with van der Waals surface area (Å²) in [4.78, 5) is 27.0. The van der Waals surface area contributed by atoms with E-state index in [-0.39, 0.29) is 18.2 Å². The zero-order valence-corrected chi connectivity index (χ0v) is 12.1. The van der Waals surface area contributed by atoms with Gasteiger partial charge >= 0.3 is 5.97 Å². The quantitative estimate of drug-likeness (QED) is 0.793. The Labute approximate surface area is 115 Å². The number of hydrogen-bond donors (Lipinski definition) is 1. The normalized spacial score (nSPS) is 17.5. The Kier molecular flexibility index (Phi) is 6.84. The molecule has 1 saturated heterocycles. The Hall–Kier alpha value is -1.10. The molecule has 1 N–H and O–H groups in total. The van der Waals surface area contributed by atoms with Gasteiger partial charge in [0.25, 0.3) is 0 Å². The summed E-state index contributed by atoms with van der Waals surface area (Å²) < 4.78 is 0. The second kappa shape index (κ2) is 8.15. The maximum absolute atomic E-state index is 12.3. The highest BCUT2D eigenvalue weighted by atomic mass is 16.4. The first-order valence-electron chi connectivity index (χ1n) is 7.31. The number of carboxylic acid groups (broad SMARTS) is 1. The van der Waals surface area contributed by atoms with Crippen LogP contribution in [-0.2, 0) is 9.59 Å². The molecule has 0 unspecified atom stereocenters. The summed E-state index contributed by atoms with van der Waals surface area (Å²) in [6.45, 7) is 7.92. The third-order valence-electron chi connectivity index (χ3n) is 3.88. The lowest BCUT2D eigenvalue weighted by Gasteiger charge is -2.25. The fraction of sp³-hybridized carbons (Fsp3) is 0.857. The SMILES string of the molecule is CCC(CC)C(=O)N1CCCN(CCC(=O)O)CC1. The number of carbonyl (C=O) groups excluding carboxylic acids is 1. The van der Waals surface area contributed by atoms with Crippen molar-refractivity contribution in [2.45, 2.75) is 39.5 Å². The van der Waals surface area contributed by atoms with Gasteiger partial charge in [-0.2, -0.15) is 0 Å². The average molecular weight is 270 g/mol. The minimum absolute atomic E-state index is 0.144. The lowest BCUT2D eigenvalue weighted by Crippen LogP contribution is -2.39.